The Morgan fingerprint density at radius 1 is 1.10 bits per heavy atom. The van der Waals surface area contributed by atoms with E-state index in [4.69, 9.17) is 11.6 Å². The molecule has 0 bridgehead atoms. The Morgan fingerprint density at radius 2 is 1.86 bits per heavy atom. The fraction of sp³-hybridized carbons (Fsp3) is 0.118. The van der Waals surface area contributed by atoms with Gasteiger partial charge in [0.05, 0.1) is 5.03 Å². The molecule has 0 aromatic heterocycles. The molecule has 0 radical (unpaired) electrons. The summed E-state index contributed by atoms with van der Waals surface area (Å²) in [5, 5.41) is 10.5. The Kier molecular flexibility index (Phi) is 4.32. The van der Waals surface area contributed by atoms with Crippen LogP contribution in [0.2, 0.25) is 0 Å². The van der Waals surface area contributed by atoms with Gasteiger partial charge in [0.1, 0.15) is 11.4 Å². The molecule has 4 heteroatoms. The number of para-hydroxylation sites is 2. The predicted molar refractivity (Wildman–Crippen MR) is 90.8 cm³/mol. The molecule has 0 amide bonds. The first-order valence-corrected chi connectivity index (χ1v) is 8.05. The summed E-state index contributed by atoms with van der Waals surface area (Å²) in [4.78, 5) is 5.57. The van der Waals surface area contributed by atoms with Crippen molar-refractivity contribution in [3.05, 3.63) is 59.7 Å². The molecule has 0 atom stereocenters. The van der Waals surface area contributed by atoms with Crippen molar-refractivity contribution in [2.45, 2.75) is 11.3 Å². The second-order valence-corrected chi connectivity index (χ2v) is 6.20. The van der Waals surface area contributed by atoms with E-state index in [1.165, 1.54) is 4.90 Å². The summed E-state index contributed by atoms with van der Waals surface area (Å²) < 4.78 is 0. The minimum Gasteiger partial charge on any atom is -0.506 e. The van der Waals surface area contributed by atoms with Crippen molar-refractivity contribution in [3.8, 4) is 5.75 Å². The summed E-state index contributed by atoms with van der Waals surface area (Å²) in [6.45, 7) is 0. The number of benzene rings is 2. The highest BCUT2D eigenvalue weighted by Gasteiger charge is 2.14. The van der Waals surface area contributed by atoms with Gasteiger partial charge in [0.25, 0.3) is 0 Å². The topological polar surface area (TPSA) is 32.6 Å². The molecule has 0 fully saturated rings. The SMILES string of the molecule is Oc1ccccc1N=CC1=C(Cl)c2ccccc2SCC1. The molecule has 2 aromatic carbocycles. The highest BCUT2D eigenvalue weighted by atomic mass is 35.5. The molecule has 0 saturated carbocycles. The molecule has 21 heavy (non-hydrogen) atoms. The van der Waals surface area contributed by atoms with E-state index in [2.05, 4.69) is 11.1 Å². The third-order valence-corrected chi connectivity index (χ3v) is 4.80. The molecule has 0 spiro atoms. The average molecular weight is 316 g/mol. The number of rotatable bonds is 2. The standard InChI is InChI=1S/C17H14ClNOS/c18-17-12(11-19-14-6-2-3-7-15(14)20)9-10-21-16-8-4-1-5-13(16)17/h1-8,11,20H,9-10H2. The summed E-state index contributed by atoms with van der Waals surface area (Å²) in [5.74, 6) is 1.14. The van der Waals surface area contributed by atoms with Crippen LogP contribution in [0.25, 0.3) is 5.03 Å². The van der Waals surface area contributed by atoms with Gasteiger partial charge in [-0.15, -0.1) is 11.8 Å². The van der Waals surface area contributed by atoms with E-state index in [0.717, 1.165) is 28.3 Å². The van der Waals surface area contributed by atoms with E-state index >= 15 is 0 Å². The van der Waals surface area contributed by atoms with E-state index in [1.807, 2.05) is 24.3 Å². The van der Waals surface area contributed by atoms with Crippen molar-refractivity contribution in [1.82, 2.24) is 0 Å². The molecule has 0 saturated heterocycles. The minimum atomic E-state index is 0.175. The van der Waals surface area contributed by atoms with Crippen LogP contribution in [0.15, 0.2) is 64.0 Å². The van der Waals surface area contributed by atoms with Crippen LogP contribution >= 0.6 is 23.4 Å². The van der Waals surface area contributed by atoms with E-state index in [0.29, 0.717) is 5.69 Å². The van der Waals surface area contributed by atoms with Crippen LogP contribution in [0.5, 0.6) is 5.75 Å². The van der Waals surface area contributed by atoms with Gasteiger partial charge in [0.15, 0.2) is 0 Å². The maximum Gasteiger partial charge on any atom is 0.141 e. The third kappa shape index (κ3) is 3.14. The largest absolute Gasteiger partial charge is 0.506 e. The van der Waals surface area contributed by atoms with Gasteiger partial charge in [-0.25, -0.2) is 0 Å². The number of hydrogen-bond acceptors (Lipinski definition) is 3. The van der Waals surface area contributed by atoms with Gasteiger partial charge < -0.3 is 5.11 Å². The lowest BCUT2D eigenvalue weighted by atomic mass is 10.1. The Labute approximate surface area is 133 Å². The number of fused-ring (bicyclic) bond motifs is 1. The zero-order chi connectivity index (χ0) is 14.7. The normalized spacial score (nSPS) is 15.1. The Balaban J connectivity index is 1.97. The molecule has 0 unspecified atom stereocenters. The molecule has 2 aromatic rings. The van der Waals surface area contributed by atoms with E-state index in [-0.39, 0.29) is 5.75 Å². The van der Waals surface area contributed by atoms with E-state index < -0.39 is 0 Å². The third-order valence-electron chi connectivity index (χ3n) is 3.28. The number of hydrogen-bond donors (Lipinski definition) is 1. The van der Waals surface area contributed by atoms with Gasteiger partial charge in [-0.3, -0.25) is 4.99 Å². The van der Waals surface area contributed by atoms with Crippen molar-refractivity contribution in [1.29, 1.82) is 0 Å². The summed E-state index contributed by atoms with van der Waals surface area (Å²) in [7, 11) is 0. The number of nitrogens with zero attached hydrogens (tertiary/aromatic N) is 1. The number of thioether (sulfide) groups is 1. The quantitative estimate of drug-likeness (QED) is 0.769. The Morgan fingerprint density at radius 3 is 2.71 bits per heavy atom. The number of phenolic OH excluding ortho intramolecular Hbond substituents is 1. The highest BCUT2D eigenvalue weighted by molar-refractivity contribution is 7.99. The number of aromatic hydroxyl groups is 1. The van der Waals surface area contributed by atoms with Gasteiger partial charge >= 0.3 is 0 Å². The van der Waals surface area contributed by atoms with Crippen LogP contribution in [-0.4, -0.2) is 17.1 Å². The fourth-order valence-electron chi connectivity index (χ4n) is 2.17. The van der Waals surface area contributed by atoms with Crippen LogP contribution in [0.3, 0.4) is 0 Å². The van der Waals surface area contributed by atoms with Crippen LogP contribution < -0.4 is 0 Å². The zero-order valence-corrected chi connectivity index (χ0v) is 12.9. The van der Waals surface area contributed by atoms with E-state index in [1.54, 1.807) is 36.2 Å². The summed E-state index contributed by atoms with van der Waals surface area (Å²) >= 11 is 8.34. The lowest BCUT2D eigenvalue weighted by Crippen LogP contribution is -1.89. The zero-order valence-electron chi connectivity index (χ0n) is 11.3. The van der Waals surface area contributed by atoms with Gasteiger partial charge in [-0.1, -0.05) is 41.9 Å². The minimum absolute atomic E-state index is 0.175. The Hall–Kier alpha value is -1.71. The first kappa shape index (κ1) is 14.2. The van der Waals surface area contributed by atoms with E-state index in [9.17, 15) is 5.11 Å². The summed E-state index contributed by atoms with van der Waals surface area (Å²) in [5.41, 5.74) is 2.61. The van der Waals surface area contributed by atoms with Crippen molar-refractivity contribution >= 4 is 40.3 Å². The van der Waals surface area contributed by atoms with Gasteiger partial charge in [0, 0.05) is 22.4 Å². The highest BCUT2D eigenvalue weighted by Crippen LogP contribution is 2.37. The Bertz CT molecular complexity index is 724. The van der Waals surface area contributed by atoms with Crippen molar-refractivity contribution in [3.63, 3.8) is 0 Å². The monoisotopic (exact) mass is 315 g/mol. The van der Waals surface area contributed by atoms with Crippen molar-refractivity contribution in [2.24, 2.45) is 4.99 Å². The van der Waals surface area contributed by atoms with Crippen LogP contribution in [0.1, 0.15) is 12.0 Å². The first-order valence-electron chi connectivity index (χ1n) is 6.68. The van der Waals surface area contributed by atoms with Crippen molar-refractivity contribution < 1.29 is 5.11 Å². The lowest BCUT2D eigenvalue weighted by Gasteiger charge is -2.05. The summed E-state index contributed by atoms with van der Waals surface area (Å²) in [6, 6.07) is 15.2. The van der Waals surface area contributed by atoms with Gasteiger partial charge in [-0.2, -0.15) is 0 Å². The molecule has 1 aliphatic heterocycles. The molecule has 1 heterocycles. The van der Waals surface area contributed by atoms with Crippen LogP contribution in [-0.2, 0) is 0 Å². The maximum atomic E-state index is 9.75. The first-order chi connectivity index (χ1) is 10.3. The number of aliphatic imine (C=N–C) groups is 1. The second-order valence-electron chi connectivity index (χ2n) is 4.68. The van der Waals surface area contributed by atoms with Crippen LogP contribution in [0.4, 0.5) is 5.69 Å². The lowest BCUT2D eigenvalue weighted by molar-refractivity contribution is 0.477. The number of phenols is 1. The van der Waals surface area contributed by atoms with Gasteiger partial charge in [-0.05, 0) is 30.2 Å². The van der Waals surface area contributed by atoms with Crippen LogP contribution in [0, 0.1) is 0 Å². The van der Waals surface area contributed by atoms with Crippen molar-refractivity contribution in [2.75, 3.05) is 5.75 Å². The molecular weight excluding hydrogens is 302 g/mol. The fourth-order valence-corrected chi connectivity index (χ4v) is 3.58. The van der Waals surface area contributed by atoms with Gasteiger partial charge in [0.2, 0.25) is 0 Å². The molecule has 3 rings (SSSR count). The predicted octanol–water partition coefficient (Wildman–Crippen LogP) is 5.24. The molecule has 1 N–H and O–H groups in total. The average Bonchev–Trinajstić information content (AvgIpc) is 2.67. The molecule has 1 aliphatic rings. The number of allylic oxidation sites excluding steroid dienone is 1. The smallest absolute Gasteiger partial charge is 0.141 e. The summed E-state index contributed by atoms with van der Waals surface area (Å²) in [6.07, 6.45) is 2.62. The molecule has 2 nitrogen and oxygen atoms in total. The second kappa shape index (κ2) is 6.37. The molecule has 106 valence electrons. The molecule has 0 aliphatic carbocycles. The molecular formula is C17H14ClNOS. The maximum absolute atomic E-state index is 9.75. The number of halogens is 1.